The number of benzene rings is 1. The molecule has 4 nitrogen and oxygen atoms in total. The molecule has 6 heteroatoms. The van der Waals surface area contributed by atoms with Crippen LogP contribution >= 0.6 is 11.8 Å². The molecule has 0 bridgehead atoms. The number of hydrogen-bond donors (Lipinski definition) is 1. The summed E-state index contributed by atoms with van der Waals surface area (Å²) in [7, 11) is 0. The van der Waals surface area contributed by atoms with Gasteiger partial charge in [0.1, 0.15) is 11.6 Å². The fraction of sp³-hybridized carbons (Fsp3) is 0.154. The number of ketones is 1. The number of nitrogens with two attached hydrogens (primary N) is 1. The molecule has 98 valence electrons. The predicted molar refractivity (Wildman–Crippen MR) is 72.7 cm³/mol. The average Bonchev–Trinajstić information content (AvgIpc) is 2.38. The molecule has 0 saturated carbocycles. The van der Waals surface area contributed by atoms with Gasteiger partial charge in [0.2, 0.25) is 0 Å². The number of thioether (sulfide) groups is 1. The Bertz CT molecular complexity index is 619. The van der Waals surface area contributed by atoms with Gasteiger partial charge < -0.3 is 5.73 Å². The summed E-state index contributed by atoms with van der Waals surface area (Å²) in [4.78, 5) is 20.3. The molecule has 0 unspecified atom stereocenters. The largest absolute Gasteiger partial charge is 0.383 e. The van der Waals surface area contributed by atoms with Crippen LogP contribution in [0.15, 0.2) is 35.6 Å². The number of hydrogen-bond acceptors (Lipinski definition) is 5. The van der Waals surface area contributed by atoms with Crippen molar-refractivity contribution in [3.8, 4) is 0 Å². The van der Waals surface area contributed by atoms with Crippen molar-refractivity contribution in [2.45, 2.75) is 12.1 Å². The number of aromatic nitrogens is 2. The maximum atomic E-state index is 13.1. The second kappa shape index (κ2) is 5.79. The van der Waals surface area contributed by atoms with Crippen LogP contribution in [0.5, 0.6) is 0 Å². The van der Waals surface area contributed by atoms with Crippen molar-refractivity contribution in [2.75, 3.05) is 11.5 Å². The highest BCUT2D eigenvalue weighted by Crippen LogP contribution is 2.19. The molecule has 1 aromatic heterocycles. The topological polar surface area (TPSA) is 68.9 Å². The molecule has 0 radical (unpaired) electrons. The second-order valence-corrected chi connectivity index (χ2v) is 4.96. The van der Waals surface area contributed by atoms with Crippen molar-refractivity contribution >= 4 is 23.4 Å². The summed E-state index contributed by atoms with van der Waals surface area (Å²) in [5.41, 5.74) is 6.16. The van der Waals surface area contributed by atoms with Gasteiger partial charge in [-0.2, -0.15) is 0 Å². The Morgan fingerprint density at radius 1 is 1.47 bits per heavy atom. The van der Waals surface area contributed by atoms with Crippen LogP contribution in [0, 0.1) is 5.82 Å². The van der Waals surface area contributed by atoms with Crippen molar-refractivity contribution in [3.05, 3.63) is 47.4 Å². The first-order chi connectivity index (χ1) is 9.11. The van der Waals surface area contributed by atoms with Gasteiger partial charge in [-0.15, -0.1) is 0 Å². The van der Waals surface area contributed by atoms with E-state index in [0.29, 0.717) is 5.16 Å². The first-order valence-corrected chi connectivity index (χ1v) is 6.66. The minimum absolute atomic E-state index is 0.111. The summed E-state index contributed by atoms with van der Waals surface area (Å²) >= 11 is 1.43. The zero-order chi connectivity index (χ0) is 13.8. The molecular formula is C13H12FN3OS. The lowest BCUT2D eigenvalue weighted by Gasteiger charge is -2.05. The van der Waals surface area contributed by atoms with Crippen LogP contribution < -0.4 is 5.73 Å². The van der Waals surface area contributed by atoms with Gasteiger partial charge in [-0.3, -0.25) is 4.79 Å². The second-order valence-electron chi connectivity index (χ2n) is 3.72. The van der Waals surface area contributed by atoms with Gasteiger partial charge in [-0.05, 0) is 17.9 Å². The highest BCUT2D eigenvalue weighted by Gasteiger charge is 2.15. The van der Waals surface area contributed by atoms with Crippen LogP contribution in [-0.2, 0) is 0 Å². The van der Waals surface area contributed by atoms with Gasteiger partial charge in [-0.25, -0.2) is 14.4 Å². The lowest BCUT2D eigenvalue weighted by molar-refractivity contribution is 0.103. The molecule has 1 aromatic carbocycles. The number of nitrogens with zero attached hydrogens (tertiary/aromatic N) is 2. The molecule has 2 rings (SSSR count). The number of rotatable bonds is 4. The lowest BCUT2D eigenvalue weighted by atomic mass is 10.1. The maximum absolute atomic E-state index is 13.1. The van der Waals surface area contributed by atoms with Gasteiger partial charge in [0.05, 0.1) is 5.56 Å². The number of carbonyl (C=O) groups excluding carboxylic acids is 1. The first-order valence-electron chi connectivity index (χ1n) is 5.67. The van der Waals surface area contributed by atoms with E-state index in [1.807, 2.05) is 6.92 Å². The van der Waals surface area contributed by atoms with Crippen molar-refractivity contribution in [2.24, 2.45) is 0 Å². The SMILES string of the molecule is CCSc1ncc(C(=O)c2cccc(F)c2)c(N)n1. The summed E-state index contributed by atoms with van der Waals surface area (Å²) in [6.07, 6.45) is 1.38. The molecule has 0 atom stereocenters. The highest BCUT2D eigenvalue weighted by molar-refractivity contribution is 7.99. The number of halogens is 1. The van der Waals surface area contributed by atoms with E-state index >= 15 is 0 Å². The normalized spacial score (nSPS) is 10.4. The van der Waals surface area contributed by atoms with Crippen LogP contribution in [0.3, 0.4) is 0 Å². The Kier molecular flexibility index (Phi) is 4.11. The maximum Gasteiger partial charge on any atom is 0.198 e. The monoisotopic (exact) mass is 277 g/mol. The van der Waals surface area contributed by atoms with Crippen molar-refractivity contribution in [1.29, 1.82) is 0 Å². The van der Waals surface area contributed by atoms with E-state index < -0.39 is 5.82 Å². The third-order valence-electron chi connectivity index (χ3n) is 2.40. The molecule has 0 amide bonds. The Balaban J connectivity index is 2.34. The molecule has 0 aliphatic heterocycles. The first kappa shape index (κ1) is 13.5. The molecule has 0 fully saturated rings. The van der Waals surface area contributed by atoms with Crippen LogP contribution in [0.25, 0.3) is 0 Å². The van der Waals surface area contributed by atoms with Crippen LogP contribution in [0.4, 0.5) is 10.2 Å². The van der Waals surface area contributed by atoms with E-state index in [4.69, 9.17) is 5.73 Å². The Morgan fingerprint density at radius 2 is 2.26 bits per heavy atom. The van der Waals surface area contributed by atoms with E-state index in [-0.39, 0.29) is 22.7 Å². The van der Waals surface area contributed by atoms with Gasteiger partial charge in [0.25, 0.3) is 0 Å². The lowest BCUT2D eigenvalue weighted by Crippen LogP contribution is -2.09. The highest BCUT2D eigenvalue weighted by atomic mass is 32.2. The van der Waals surface area contributed by atoms with Crippen LogP contribution in [0.2, 0.25) is 0 Å². The van der Waals surface area contributed by atoms with E-state index in [0.717, 1.165) is 11.8 Å². The fourth-order valence-electron chi connectivity index (χ4n) is 1.54. The van der Waals surface area contributed by atoms with Crippen LogP contribution in [-0.4, -0.2) is 21.5 Å². The summed E-state index contributed by atoms with van der Waals surface area (Å²) in [5, 5.41) is 0.524. The Morgan fingerprint density at radius 3 is 2.89 bits per heavy atom. The zero-order valence-electron chi connectivity index (χ0n) is 10.3. The van der Waals surface area contributed by atoms with Crippen LogP contribution in [0.1, 0.15) is 22.8 Å². The predicted octanol–water partition coefficient (Wildman–Crippen LogP) is 2.54. The Labute approximate surface area is 114 Å². The number of nitrogen functional groups attached to an aromatic ring is 1. The number of carbonyl (C=O) groups is 1. The molecule has 0 spiro atoms. The molecule has 2 N–H and O–H groups in total. The van der Waals surface area contributed by atoms with E-state index in [1.165, 1.54) is 36.2 Å². The molecule has 0 aliphatic carbocycles. The zero-order valence-corrected chi connectivity index (χ0v) is 11.1. The third-order valence-corrected chi connectivity index (χ3v) is 3.14. The Hall–Kier alpha value is -1.95. The number of anilines is 1. The van der Waals surface area contributed by atoms with Gasteiger partial charge in [0.15, 0.2) is 10.9 Å². The van der Waals surface area contributed by atoms with E-state index in [2.05, 4.69) is 9.97 Å². The minimum Gasteiger partial charge on any atom is -0.383 e. The molecule has 0 saturated heterocycles. The molecule has 19 heavy (non-hydrogen) atoms. The van der Waals surface area contributed by atoms with Crippen molar-refractivity contribution in [3.63, 3.8) is 0 Å². The smallest absolute Gasteiger partial charge is 0.198 e. The van der Waals surface area contributed by atoms with Gasteiger partial charge in [-0.1, -0.05) is 30.8 Å². The fourth-order valence-corrected chi connectivity index (χ4v) is 2.09. The average molecular weight is 277 g/mol. The van der Waals surface area contributed by atoms with Gasteiger partial charge >= 0.3 is 0 Å². The van der Waals surface area contributed by atoms with Crippen molar-refractivity contribution in [1.82, 2.24) is 9.97 Å². The van der Waals surface area contributed by atoms with Gasteiger partial charge in [0, 0.05) is 11.8 Å². The molecule has 2 aromatic rings. The minimum atomic E-state index is -0.469. The summed E-state index contributed by atoms with van der Waals surface area (Å²) in [6.45, 7) is 1.97. The van der Waals surface area contributed by atoms with Crippen molar-refractivity contribution < 1.29 is 9.18 Å². The third kappa shape index (κ3) is 3.08. The standard InChI is InChI=1S/C13H12FN3OS/c1-2-19-13-16-7-10(12(15)17-13)11(18)8-4-3-5-9(14)6-8/h3-7H,2H2,1H3,(H2,15,16,17). The molecular weight excluding hydrogens is 265 g/mol. The summed E-state index contributed by atoms with van der Waals surface area (Å²) in [5.74, 6) is 0.0742. The van der Waals surface area contributed by atoms with E-state index in [9.17, 15) is 9.18 Å². The molecule has 1 heterocycles. The molecule has 0 aliphatic rings. The summed E-state index contributed by atoms with van der Waals surface area (Å²) in [6, 6.07) is 5.44. The quantitative estimate of drug-likeness (QED) is 0.528. The van der Waals surface area contributed by atoms with E-state index in [1.54, 1.807) is 0 Å². The summed E-state index contributed by atoms with van der Waals surface area (Å²) < 4.78 is 13.1.